The SMILES string of the molecule is O=C(N1CC(n2cc(COc3ccccc3)nn2)C1)C1(c2ccc(F)cc2)CC1. The molecule has 6 nitrogen and oxygen atoms in total. The van der Waals surface area contributed by atoms with Crippen molar-refractivity contribution >= 4 is 5.91 Å². The first kappa shape index (κ1) is 17.8. The van der Waals surface area contributed by atoms with E-state index in [0.717, 1.165) is 29.8 Å². The summed E-state index contributed by atoms with van der Waals surface area (Å²) in [4.78, 5) is 14.9. The van der Waals surface area contributed by atoms with Crippen molar-refractivity contribution in [2.24, 2.45) is 0 Å². The van der Waals surface area contributed by atoms with Gasteiger partial charge in [-0.25, -0.2) is 9.07 Å². The van der Waals surface area contributed by atoms with Crippen molar-refractivity contribution in [2.75, 3.05) is 13.1 Å². The van der Waals surface area contributed by atoms with Gasteiger partial charge in [-0.15, -0.1) is 5.10 Å². The zero-order chi connectivity index (χ0) is 19.8. The van der Waals surface area contributed by atoms with Crippen molar-refractivity contribution in [3.05, 3.63) is 77.9 Å². The number of ether oxygens (including phenoxy) is 1. The number of rotatable bonds is 6. The maximum Gasteiger partial charge on any atom is 0.233 e. The minimum atomic E-state index is -0.463. The van der Waals surface area contributed by atoms with Gasteiger partial charge in [-0.2, -0.15) is 0 Å². The number of halogens is 1. The average Bonchev–Trinajstić information content (AvgIpc) is 3.39. The highest BCUT2D eigenvalue weighted by molar-refractivity contribution is 5.91. The van der Waals surface area contributed by atoms with Crippen LogP contribution >= 0.6 is 0 Å². The van der Waals surface area contributed by atoms with Crippen LogP contribution in [-0.2, 0) is 16.8 Å². The molecule has 2 aliphatic rings. The molecule has 29 heavy (non-hydrogen) atoms. The van der Waals surface area contributed by atoms with Crippen LogP contribution in [0.1, 0.15) is 30.1 Å². The number of likely N-dealkylation sites (tertiary alicyclic amines) is 1. The van der Waals surface area contributed by atoms with Gasteiger partial charge in [0.1, 0.15) is 23.9 Å². The lowest BCUT2D eigenvalue weighted by atomic mass is 9.92. The molecule has 0 unspecified atom stereocenters. The van der Waals surface area contributed by atoms with Crippen LogP contribution in [0.3, 0.4) is 0 Å². The molecule has 2 aromatic carbocycles. The normalized spacial score (nSPS) is 17.6. The van der Waals surface area contributed by atoms with Crippen molar-refractivity contribution in [3.63, 3.8) is 0 Å². The monoisotopic (exact) mass is 392 g/mol. The molecule has 2 fully saturated rings. The highest BCUT2D eigenvalue weighted by Crippen LogP contribution is 2.50. The summed E-state index contributed by atoms with van der Waals surface area (Å²) in [6, 6.07) is 16.0. The molecule has 1 aliphatic carbocycles. The molecule has 1 saturated heterocycles. The number of carbonyl (C=O) groups excluding carboxylic acids is 1. The Balaban J connectivity index is 1.18. The predicted octanol–water partition coefficient (Wildman–Crippen LogP) is 3.11. The van der Waals surface area contributed by atoms with E-state index in [2.05, 4.69) is 10.3 Å². The first-order chi connectivity index (χ1) is 14.1. The van der Waals surface area contributed by atoms with E-state index in [1.54, 1.807) is 12.1 Å². The number of hydrogen-bond donors (Lipinski definition) is 0. The second-order valence-corrected chi connectivity index (χ2v) is 7.74. The largest absolute Gasteiger partial charge is 0.487 e. The molecule has 0 spiro atoms. The van der Waals surface area contributed by atoms with Gasteiger partial charge in [-0.05, 0) is 42.7 Å². The number of benzene rings is 2. The molecule has 1 amide bonds. The van der Waals surface area contributed by atoms with Gasteiger partial charge in [0.2, 0.25) is 5.91 Å². The second-order valence-electron chi connectivity index (χ2n) is 7.74. The molecule has 7 heteroatoms. The highest BCUT2D eigenvalue weighted by atomic mass is 19.1. The lowest BCUT2D eigenvalue weighted by Crippen LogP contribution is -2.54. The van der Waals surface area contributed by atoms with E-state index in [-0.39, 0.29) is 17.8 Å². The fourth-order valence-corrected chi connectivity index (χ4v) is 3.84. The van der Waals surface area contributed by atoms with Crippen molar-refractivity contribution < 1.29 is 13.9 Å². The molecule has 1 aliphatic heterocycles. The zero-order valence-electron chi connectivity index (χ0n) is 15.9. The van der Waals surface area contributed by atoms with Gasteiger partial charge in [0.25, 0.3) is 0 Å². The van der Waals surface area contributed by atoms with E-state index in [9.17, 15) is 9.18 Å². The Morgan fingerprint density at radius 1 is 1.10 bits per heavy atom. The van der Waals surface area contributed by atoms with Crippen molar-refractivity contribution in [3.8, 4) is 5.75 Å². The number of amides is 1. The Labute approximate surface area is 167 Å². The van der Waals surface area contributed by atoms with Crippen LogP contribution in [0.25, 0.3) is 0 Å². The molecule has 0 atom stereocenters. The standard InChI is InChI=1S/C22H21FN4O2/c23-17-8-6-16(7-9-17)22(10-11-22)21(28)26-13-19(14-26)27-12-18(24-25-27)15-29-20-4-2-1-3-5-20/h1-9,12,19H,10-11,13-15H2. The third-order valence-electron chi connectivity index (χ3n) is 5.77. The Morgan fingerprint density at radius 2 is 1.83 bits per heavy atom. The van der Waals surface area contributed by atoms with Crippen LogP contribution < -0.4 is 4.74 Å². The van der Waals surface area contributed by atoms with E-state index in [1.165, 1.54) is 12.1 Å². The molecular weight excluding hydrogens is 371 g/mol. The summed E-state index contributed by atoms with van der Waals surface area (Å²) in [5, 5.41) is 8.37. The number of carbonyl (C=O) groups is 1. The number of aromatic nitrogens is 3. The summed E-state index contributed by atoms with van der Waals surface area (Å²) < 4.78 is 20.7. The van der Waals surface area contributed by atoms with Gasteiger partial charge < -0.3 is 9.64 Å². The van der Waals surface area contributed by atoms with E-state index in [0.29, 0.717) is 19.7 Å². The molecule has 0 radical (unpaired) electrons. The summed E-state index contributed by atoms with van der Waals surface area (Å²) >= 11 is 0. The minimum Gasteiger partial charge on any atom is -0.487 e. The maximum atomic E-state index is 13.2. The van der Waals surface area contributed by atoms with Gasteiger partial charge in [0.05, 0.1) is 17.7 Å². The van der Waals surface area contributed by atoms with Gasteiger partial charge in [-0.3, -0.25) is 4.79 Å². The Morgan fingerprint density at radius 3 is 2.52 bits per heavy atom. The zero-order valence-corrected chi connectivity index (χ0v) is 15.9. The van der Waals surface area contributed by atoms with Crippen molar-refractivity contribution in [2.45, 2.75) is 30.9 Å². The summed E-state index contributed by atoms with van der Waals surface area (Å²) in [5.74, 6) is 0.644. The van der Waals surface area contributed by atoms with Crippen LogP contribution in [0.5, 0.6) is 5.75 Å². The summed E-state index contributed by atoms with van der Waals surface area (Å²) in [6.07, 6.45) is 3.52. The molecule has 2 heterocycles. The third-order valence-corrected chi connectivity index (χ3v) is 5.77. The molecule has 148 valence electrons. The number of hydrogen-bond acceptors (Lipinski definition) is 4. The quantitative estimate of drug-likeness (QED) is 0.647. The smallest absolute Gasteiger partial charge is 0.233 e. The van der Waals surface area contributed by atoms with Crippen LogP contribution in [0, 0.1) is 5.82 Å². The maximum absolute atomic E-state index is 13.2. The molecule has 0 bridgehead atoms. The second kappa shape index (κ2) is 6.99. The minimum absolute atomic E-state index is 0.126. The fourth-order valence-electron chi connectivity index (χ4n) is 3.84. The Hall–Kier alpha value is -3.22. The fraction of sp³-hybridized carbons (Fsp3) is 0.318. The summed E-state index contributed by atoms with van der Waals surface area (Å²) in [7, 11) is 0. The number of para-hydroxylation sites is 1. The lowest BCUT2D eigenvalue weighted by molar-refractivity contribution is -0.140. The van der Waals surface area contributed by atoms with E-state index >= 15 is 0 Å². The topological polar surface area (TPSA) is 60.2 Å². The first-order valence-electron chi connectivity index (χ1n) is 9.78. The van der Waals surface area contributed by atoms with Gasteiger partial charge in [-0.1, -0.05) is 35.5 Å². The molecular formula is C22H21FN4O2. The predicted molar refractivity (Wildman–Crippen MR) is 104 cm³/mol. The van der Waals surface area contributed by atoms with E-state index < -0.39 is 5.41 Å². The lowest BCUT2D eigenvalue weighted by Gasteiger charge is -2.41. The van der Waals surface area contributed by atoms with Crippen LogP contribution in [-0.4, -0.2) is 38.9 Å². The Kier molecular flexibility index (Phi) is 4.30. The van der Waals surface area contributed by atoms with Gasteiger partial charge in [0, 0.05) is 13.1 Å². The van der Waals surface area contributed by atoms with Crippen molar-refractivity contribution in [1.29, 1.82) is 0 Å². The summed E-state index contributed by atoms with van der Waals surface area (Å²) in [6.45, 7) is 1.58. The average molecular weight is 392 g/mol. The van der Waals surface area contributed by atoms with Crippen molar-refractivity contribution in [1.82, 2.24) is 19.9 Å². The first-order valence-corrected chi connectivity index (χ1v) is 9.78. The Bertz CT molecular complexity index is 1010. The highest BCUT2D eigenvalue weighted by Gasteiger charge is 2.54. The van der Waals surface area contributed by atoms with Crippen LogP contribution in [0.2, 0.25) is 0 Å². The number of nitrogens with zero attached hydrogens (tertiary/aromatic N) is 4. The van der Waals surface area contributed by atoms with Gasteiger partial charge >= 0.3 is 0 Å². The molecule has 1 aromatic heterocycles. The van der Waals surface area contributed by atoms with Crippen LogP contribution in [0.15, 0.2) is 60.8 Å². The molecule has 0 N–H and O–H groups in total. The third kappa shape index (κ3) is 3.37. The van der Waals surface area contributed by atoms with Crippen LogP contribution in [0.4, 0.5) is 4.39 Å². The molecule has 3 aromatic rings. The van der Waals surface area contributed by atoms with E-state index in [4.69, 9.17) is 4.74 Å². The van der Waals surface area contributed by atoms with Gasteiger partial charge in [0.15, 0.2) is 0 Å². The summed E-state index contributed by atoms with van der Waals surface area (Å²) in [5.41, 5.74) is 1.20. The molecule has 5 rings (SSSR count). The molecule has 1 saturated carbocycles. The van der Waals surface area contributed by atoms with E-state index in [1.807, 2.05) is 46.1 Å².